The first-order valence-electron chi connectivity index (χ1n) is 4.44. The van der Waals surface area contributed by atoms with Crippen LogP contribution in [0.1, 0.15) is 5.56 Å². The van der Waals surface area contributed by atoms with Gasteiger partial charge >= 0.3 is 0 Å². The molecular weight excluding hydrogens is 312 g/mol. The average Bonchev–Trinajstić information content (AvgIpc) is 2.85. The lowest BCUT2D eigenvalue weighted by atomic mass is 10.4. The lowest BCUT2D eigenvalue weighted by molar-refractivity contribution is 0.583. The molecule has 0 saturated heterocycles. The summed E-state index contributed by atoms with van der Waals surface area (Å²) in [5.41, 5.74) is 0.899. The normalized spacial score (nSPS) is 11.8. The van der Waals surface area contributed by atoms with Gasteiger partial charge in [-0.05, 0) is 39.0 Å². The fourth-order valence-corrected chi connectivity index (χ4v) is 4.58. The first kappa shape index (κ1) is 11.8. The second-order valence-corrected chi connectivity index (χ2v) is 6.83. The predicted octanol–water partition coefficient (Wildman–Crippen LogP) is 2.32. The minimum atomic E-state index is -3.42. The standard InChI is InChI=1S/C9H9BrN2O2S2/c10-8-2-4-15-9(8)16(13,14)12-6-7-1-3-11-5-7/h1-5,11-12H,6H2. The molecule has 4 nitrogen and oxygen atoms in total. The van der Waals surface area contributed by atoms with Gasteiger partial charge in [0.2, 0.25) is 0 Å². The summed E-state index contributed by atoms with van der Waals surface area (Å²) in [6.07, 6.45) is 3.51. The van der Waals surface area contributed by atoms with Gasteiger partial charge in [0, 0.05) is 23.4 Å². The van der Waals surface area contributed by atoms with Crippen molar-refractivity contribution in [2.45, 2.75) is 10.8 Å². The maximum absolute atomic E-state index is 11.9. The van der Waals surface area contributed by atoms with Gasteiger partial charge in [0.1, 0.15) is 4.21 Å². The number of hydrogen-bond acceptors (Lipinski definition) is 3. The molecule has 86 valence electrons. The summed E-state index contributed by atoms with van der Waals surface area (Å²) in [7, 11) is -3.42. The van der Waals surface area contributed by atoms with Crippen LogP contribution < -0.4 is 4.72 Å². The van der Waals surface area contributed by atoms with E-state index in [-0.39, 0.29) is 6.54 Å². The third-order valence-corrected chi connectivity index (χ3v) is 6.03. The number of rotatable bonds is 4. The number of H-pyrrole nitrogens is 1. The van der Waals surface area contributed by atoms with Gasteiger partial charge in [0.05, 0.1) is 0 Å². The van der Waals surface area contributed by atoms with E-state index in [0.29, 0.717) is 8.68 Å². The Labute approximate surface area is 106 Å². The van der Waals surface area contributed by atoms with Gasteiger partial charge in [-0.25, -0.2) is 13.1 Å². The Balaban J connectivity index is 2.13. The highest BCUT2D eigenvalue weighted by atomic mass is 79.9. The first-order valence-corrected chi connectivity index (χ1v) is 7.59. The number of aromatic amines is 1. The van der Waals surface area contributed by atoms with Gasteiger partial charge in [-0.1, -0.05) is 0 Å². The molecule has 16 heavy (non-hydrogen) atoms. The lowest BCUT2D eigenvalue weighted by Gasteiger charge is -2.03. The highest BCUT2D eigenvalue weighted by Gasteiger charge is 2.18. The van der Waals surface area contributed by atoms with Crippen LogP contribution in [0.5, 0.6) is 0 Å². The van der Waals surface area contributed by atoms with E-state index in [1.807, 2.05) is 6.07 Å². The van der Waals surface area contributed by atoms with Crippen molar-refractivity contribution in [2.24, 2.45) is 0 Å². The molecule has 0 radical (unpaired) electrons. The third kappa shape index (κ3) is 2.54. The van der Waals surface area contributed by atoms with E-state index in [0.717, 1.165) is 5.56 Å². The molecular formula is C9H9BrN2O2S2. The Bertz CT molecular complexity index is 560. The van der Waals surface area contributed by atoms with Crippen LogP contribution in [0.2, 0.25) is 0 Å². The molecule has 2 aromatic rings. The number of thiophene rings is 1. The number of nitrogens with one attached hydrogen (secondary N) is 2. The Hall–Kier alpha value is -0.630. The molecule has 0 amide bonds. The quantitative estimate of drug-likeness (QED) is 0.908. The van der Waals surface area contributed by atoms with Crippen molar-refractivity contribution in [3.63, 3.8) is 0 Å². The molecule has 2 aromatic heterocycles. The van der Waals surface area contributed by atoms with E-state index in [1.165, 1.54) is 11.3 Å². The third-order valence-electron chi connectivity index (χ3n) is 1.96. The van der Waals surface area contributed by atoms with Gasteiger partial charge in [-0.15, -0.1) is 11.3 Å². The van der Waals surface area contributed by atoms with Gasteiger partial charge < -0.3 is 4.98 Å². The molecule has 0 saturated carbocycles. The molecule has 0 bridgehead atoms. The lowest BCUT2D eigenvalue weighted by Crippen LogP contribution is -2.22. The SMILES string of the molecule is O=S(=O)(NCc1cc[nH]c1)c1sccc1Br. The fraction of sp³-hybridized carbons (Fsp3) is 0.111. The molecule has 2 N–H and O–H groups in total. The van der Waals surface area contributed by atoms with E-state index in [9.17, 15) is 8.42 Å². The van der Waals surface area contributed by atoms with Crippen molar-refractivity contribution >= 4 is 37.3 Å². The summed E-state index contributed by atoms with van der Waals surface area (Å²) in [6.45, 7) is 0.288. The van der Waals surface area contributed by atoms with Gasteiger partial charge in [-0.2, -0.15) is 0 Å². The van der Waals surface area contributed by atoms with Crippen LogP contribution in [0.25, 0.3) is 0 Å². The molecule has 0 unspecified atom stereocenters. The minimum Gasteiger partial charge on any atom is -0.367 e. The van der Waals surface area contributed by atoms with Crippen LogP contribution in [0.15, 0.2) is 38.6 Å². The molecule has 0 atom stereocenters. The zero-order valence-corrected chi connectivity index (χ0v) is 11.3. The molecule has 0 aliphatic rings. The van der Waals surface area contributed by atoms with Crippen LogP contribution in [0, 0.1) is 0 Å². The van der Waals surface area contributed by atoms with Crippen molar-refractivity contribution in [1.82, 2.24) is 9.71 Å². The highest BCUT2D eigenvalue weighted by molar-refractivity contribution is 9.10. The maximum atomic E-state index is 11.9. The number of halogens is 1. The largest absolute Gasteiger partial charge is 0.367 e. The van der Waals surface area contributed by atoms with Crippen LogP contribution in [-0.4, -0.2) is 13.4 Å². The van der Waals surface area contributed by atoms with E-state index in [4.69, 9.17) is 0 Å². The van der Waals surface area contributed by atoms with Crippen LogP contribution in [0.4, 0.5) is 0 Å². The molecule has 0 aliphatic heterocycles. The van der Waals surface area contributed by atoms with Crippen LogP contribution in [-0.2, 0) is 16.6 Å². The minimum absolute atomic E-state index is 0.288. The van der Waals surface area contributed by atoms with E-state index in [1.54, 1.807) is 23.8 Å². The molecule has 0 aliphatic carbocycles. The monoisotopic (exact) mass is 320 g/mol. The summed E-state index contributed by atoms with van der Waals surface area (Å²) < 4.78 is 27.2. The van der Waals surface area contributed by atoms with Crippen molar-refractivity contribution in [3.05, 3.63) is 39.9 Å². The van der Waals surface area contributed by atoms with Crippen LogP contribution >= 0.6 is 27.3 Å². The Kier molecular flexibility index (Phi) is 3.48. The topological polar surface area (TPSA) is 62.0 Å². The van der Waals surface area contributed by atoms with Crippen molar-refractivity contribution < 1.29 is 8.42 Å². The predicted molar refractivity (Wildman–Crippen MR) is 66.8 cm³/mol. The summed E-state index contributed by atoms with van der Waals surface area (Å²) in [5.74, 6) is 0. The summed E-state index contributed by atoms with van der Waals surface area (Å²) >= 11 is 4.39. The van der Waals surface area contributed by atoms with E-state index >= 15 is 0 Å². The molecule has 2 rings (SSSR count). The summed E-state index contributed by atoms with van der Waals surface area (Å²) in [5, 5.41) is 1.73. The Morgan fingerprint density at radius 1 is 1.44 bits per heavy atom. The van der Waals surface area contributed by atoms with E-state index < -0.39 is 10.0 Å². The molecule has 0 aromatic carbocycles. The fourth-order valence-electron chi connectivity index (χ4n) is 1.18. The molecule has 0 spiro atoms. The number of aromatic nitrogens is 1. The molecule has 2 heterocycles. The Morgan fingerprint density at radius 3 is 2.81 bits per heavy atom. The second-order valence-electron chi connectivity index (χ2n) is 3.10. The number of sulfonamides is 1. The first-order chi connectivity index (χ1) is 7.59. The summed E-state index contributed by atoms with van der Waals surface area (Å²) in [6, 6.07) is 3.54. The van der Waals surface area contributed by atoms with Gasteiger partial charge in [-0.3, -0.25) is 0 Å². The van der Waals surface area contributed by atoms with E-state index in [2.05, 4.69) is 25.6 Å². The zero-order valence-electron chi connectivity index (χ0n) is 8.10. The summed E-state index contributed by atoms with van der Waals surface area (Å²) in [4.78, 5) is 2.87. The smallest absolute Gasteiger partial charge is 0.251 e. The zero-order chi connectivity index (χ0) is 11.6. The maximum Gasteiger partial charge on any atom is 0.251 e. The van der Waals surface area contributed by atoms with Crippen LogP contribution in [0.3, 0.4) is 0 Å². The molecule has 7 heteroatoms. The van der Waals surface area contributed by atoms with Gasteiger partial charge in [0.15, 0.2) is 0 Å². The number of hydrogen-bond donors (Lipinski definition) is 2. The highest BCUT2D eigenvalue weighted by Crippen LogP contribution is 2.27. The average molecular weight is 321 g/mol. The van der Waals surface area contributed by atoms with Crippen molar-refractivity contribution in [1.29, 1.82) is 0 Å². The van der Waals surface area contributed by atoms with Gasteiger partial charge in [0.25, 0.3) is 10.0 Å². The second kappa shape index (κ2) is 4.70. The van der Waals surface area contributed by atoms with Crippen molar-refractivity contribution in [3.8, 4) is 0 Å². The molecule has 0 fully saturated rings. The Morgan fingerprint density at radius 2 is 2.25 bits per heavy atom. The van der Waals surface area contributed by atoms with Crippen molar-refractivity contribution in [2.75, 3.05) is 0 Å².